The summed E-state index contributed by atoms with van der Waals surface area (Å²) in [6.07, 6.45) is 5.87. The van der Waals surface area contributed by atoms with Crippen molar-refractivity contribution in [3.8, 4) is 0 Å². The lowest BCUT2D eigenvalue weighted by Crippen LogP contribution is -2.09. The third kappa shape index (κ3) is 4.21. The molecule has 0 bridgehead atoms. The van der Waals surface area contributed by atoms with Gasteiger partial charge in [0.15, 0.2) is 0 Å². The molecule has 0 spiro atoms. The van der Waals surface area contributed by atoms with Crippen molar-refractivity contribution in [1.82, 2.24) is 9.97 Å². The van der Waals surface area contributed by atoms with Gasteiger partial charge in [-0.05, 0) is 60.2 Å². The first-order valence-electron chi connectivity index (χ1n) is 10.3. The van der Waals surface area contributed by atoms with Crippen molar-refractivity contribution in [2.24, 2.45) is 0 Å². The number of rotatable bonds is 5. The van der Waals surface area contributed by atoms with Crippen molar-refractivity contribution in [2.45, 2.75) is 0 Å². The van der Waals surface area contributed by atoms with E-state index in [2.05, 4.69) is 93.7 Å². The lowest BCUT2D eigenvalue weighted by Gasteiger charge is -2.25. The summed E-state index contributed by atoms with van der Waals surface area (Å²) in [5, 5.41) is 0. The van der Waals surface area contributed by atoms with Crippen LogP contribution < -0.4 is 4.90 Å². The molecular weight excluding hydrogens is 378 g/mol. The smallest absolute Gasteiger partial charge is 0.0894 e. The van der Waals surface area contributed by atoms with Crippen molar-refractivity contribution < 1.29 is 0 Å². The van der Waals surface area contributed by atoms with Crippen molar-refractivity contribution in [3.63, 3.8) is 0 Å². The Labute approximate surface area is 182 Å². The van der Waals surface area contributed by atoms with Gasteiger partial charge in [-0.25, -0.2) is 4.98 Å². The predicted molar refractivity (Wildman–Crippen MR) is 130 cm³/mol. The van der Waals surface area contributed by atoms with Crippen molar-refractivity contribution in [1.29, 1.82) is 0 Å². The van der Waals surface area contributed by atoms with Crippen LogP contribution in [0.3, 0.4) is 0 Å². The first-order chi connectivity index (χ1) is 15.4. The Balaban J connectivity index is 1.43. The molecule has 0 saturated heterocycles. The van der Waals surface area contributed by atoms with E-state index in [1.807, 2.05) is 42.5 Å². The van der Waals surface area contributed by atoms with Crippen molar-refractivity contribution >= 4 is 40.2 Å². The second-order valence-electron chi connectivity index (χ2n) is 7.21. The second kappa shape index (κ2) is 8.64. The molecule has 5 aromatic rings. The van der Waals surface area contributed by atoms with Crippen molar-refractivity contribution in [3.05, 3.63) is 127 Å². The molecule has 0 aliphatic carbocycles. The fourth-order valence-electron chi connectivity index (χ4n) is 3.57. The Hall–Kier alpha value is -4.24. The van der Waals surface area contributed by atoms with E-state index in [0.29, 0.717) is 0 Å². The Morgan fingerprint density at radius 2 is 1.06 bits per heavy atom. The molecule has 4 aromatic carbocycles. The lowest BCUT2D eigenvalue weighted by atomic mass is 10.1. The monoisotopic (exact) mass is 399 g/mol. The Morgan fingerprint density at radius 3 is 1.71 bits per heavy atom. The predicted octanol–water partition coefficient (Wildman–Crippen LogP) is 7.27. The molecule has 148 valence electrons. The van der Waals surface area contributed by atoms with Gasteiger partial charge in [-0.2, -0.15) is 0 Å². The summed E-state index contributed by atoms with van der Waals surface area (Å²) in [4.78, 5) is 11.4. The zero-order valence-electron chi connectivity index (χ0n) is 17.0. The summed E-state index contributed by atoms with van der Waals surface area (Å²) < 4.78 is 0. The average molecular weight is 399 g/mol. The van der Waals surface area contributed by atoms with Crippen LogP contribution in [0.4, 0.5) is 17.1 Å². The molecule has 5 rings (SSSR count). The van der Waals surface area contributed by atoms with Gasteiger partial charge in [0.25, 0.3) is 0 Å². The standard InChI is InChI=1S/C28H21N3/c1-3-9-24(10-4-1)31(25-11-5-2-6-12-25)26-19-16-22(17-20-26)15-18-23-21-29-27-13-7-8-14-28(27)30-23/h1-21H/b18-15+. The normalized spacial score (nSPS) is 11.1. The van der Waals surface area contributed by atoms with Gasteiger partial charge < -0.3 is 4.90 Å². The molecule has 31 heavy (non-hydrogen) atoms. The summed E-state index contributed by atoms with van der Waals surface area (Å²) >= 11 is 0. The number of nitrogens with zero attached hydrogens (tertiary/aromatic N) is 3. The molecule has 3 heteroatoms. The van der Waals surface area contributed by atoms with Gasteiger partial charge >= 0.3 is 0 Å². The number of benzene rings is 4. The van der Waals surface area contributed by atoms with Crippen LogP contribution in [0.2, 0.25) is 0 Å². The zero-order valence-corrected chi connectivity index (χ0v) is 17.0. The van der Waals surface area contributed by atoms with E-state index in [4.69, 9.17) is 0 Å². The quantitative estimate of drug-likeness (QED) is 0.311. The van der Waals surface area contributed by atoms with Gasteiger partial charge in [0, 0.05) is 17.1 Å². The fraction of sp³-hybridized carbons (Fsp3) is 0. The van der Waals surface area contributed by atoms with E-state index in [1.165, 1.54) is 0 Å². The van der Waals surface area contributed by atoms with E-state index < -0.39 is 0 Å². The summed E-state index contributed by atoms with van der Waals surface area (Å²) in [5.41, 5.74) is 7.14. The minimum absolute atomic E-state index is 0.845. The van der Waals surface area contributed by atoms with Crippen LogP contribution in [0.5, 0.6) is 0 Å². The highest BCUT2D eigenvalue weighted by Gasteiger charge is 2.11. The lowest BCUT2D eigenvalue weighted by molar-refractivity contribution is 1.27. The molecule has 0 radical (unpaired) electrons. The maximum Gasteiger partial charge on any atom is 0.0894 e. The number of hydrogen-bond donors (Lipinski definition) is 0. The minimum Gasteiger partial charge on any atom is -0.311 e. The van der Waals surface area contributed by atoms with Gasteiger partial charge in [-0.3, -0.25) is 4.98 Å². The van der Waals surface area contributed by atoms with Crippen molar-refractivity contribution in [2.75, 3.05) is 4.90 Å². The Morgan fingerprint density at radius 1 is 0.516 bits per heavy atom. The van der Waals surface area contributed by atoms with Crippen LogP contribution in [-0.2, 0) is 0 Å². The molecule has 1 heterocycles. The summed E-state index contributed by atoms with van der Waals surface area (Å²) in [7, 11) is 0. The van der Waals surface area contributed by atoms with Gasteiger partial charge in [-0.15, -0.1) is 0 Å². The first-order valence-corrected chi connectivity index (χ1v) is 10.3. The van der Waals surface area contributed by atoms with Crippen LogP contribution in [0.1, 0.15) is 11.3 Å². The molecule has 0 amide bonds. The van der Waals surface area contributed by atoms with Gasteiger partial charge in [0.05, 0.1) is 22.9 Å². The third-order valence-electron chi connectivity index (χ3n) is 5.09. The maximum atomic E-state index is 4.66. The van der Waals surface area contributed by atoms with E-state index in [0.717, 1.165) is 39.4 Å². The molecule has 0 aliphatic rings. The van der Waals surface area contributed by atoms with E-state index in [9.17, 15) is 0 Å². The summed E-state index contributed by atoms with van der Waals surface area (Å²) in [6, 6.07) is 37.3. The van der Waals surface area contributed by atoms with Crippen LogP contribution in [-0.4, -0.2) is 9.97 Å². The molecule has 3 nitrogen and oxygen atoms in total. The number of hydrogen-bond acceptors (Lipinski definition) is 3. The highest BCUT2D eigenvalue weighted by molar-refractivity contribution is 5.79. The molecule has 0 N–H and O–H groups in total. The van der Waals surface area contributed by atoms with E-state index >= 15 is 0 Å². The van der Waals surface area contributed by atoms with Crippen LogP contribution >= 0.6 is 0 Å². The fourth-order valence-corrected chi connectivity index (χ4v) is 3.57. The number of aromatic nitrogens is 2. The topological polar surface area (TPSA) is 29.0 Å². The third-order valence-corrected chi connectivity index (χ3v) is 5.09. The van der Waals surface area contributed by atoms with Gasteiger partial charge in [0.2, 0.25) is 0 Å². The molecule has 0 unspecified atom stereocenters. The maximum absolute atomic E-state index is 4.66. The molecule has 0 aliphatic heterocycles. The van der Waals surface area contributed by atoms with E-state index in [1.54, 1.807) is 6.20 Å². The SMILES string of the molecule is C(=C\c1cnc2ccccc2n1)/c1ccc(N(c2ccccc2)c2ccccc2)cc1. The Kier molecular flexibility index (Phi) is 5.23. The number of anilines is 3. The Bertz CT molecular complexity index is 1270. The second-order valence-corrected chi connectivity index (χ2v) is 7.21. The minimum atomic E-state index is 0.845. The largest absolute Gasteiger partial charge is 0.311 e. The number of fused-ring (bicyclic) bond motifs is 1. The highest BCUT2D eigenvalue weighted by Crippen LogP contribution is 2.34. The molecular formula is C28H21N3. The summed E-state index contributed by atoms with van der Waals surface area (Å²) in [5.74, 6) is 0. The highest BCUT2D eigenvalue weighted by atomic mass is 15.1. The van der Waals surface area contributed by atoms with Gasteiger partial charge in [0.1, 0.15) is 0 Å². The molecule has 1 aromatic heterocycles. The molecule has 0 saturated carbocycles. The van der Waals surface area contributed by atoms with Crippen LogP contribution in [0.15, 0.2) is 115 Å². The molecule has 0 fully saturated rings. The molecule has 0 atom stereocenters. The average Bonchev–Trinajstić information content (AvgIpc) is 2.85. The van der Waals surface area contributed by atoms with Crippen LogP contribution in [0.25, 0.3) is 23.2 Å². The summed E-state index contributed by atoms with van der Waals surface area (Å²) in [6.45, 7) is 0. The zero-order chi connectivity index (χ0) is 20.9. The van der Waals surface area contributed by atoms with Crippen LogP contribution in [0, 0.1) is 0 Å². The van der Waals surface area contributed by atoms with Gasteiger partial charge in [-0.1, -0.05) is 66.7 Å². The first kappa shape index (κ1) is 18.8. The van der Waals surface area contributed by atoms with E-state index in [-0.39, 0.29) is 0 Å². The number of para-hydroxylation sites is 4.